The highest BCUT2D eigenvalue weighted by atomic mass is 19.4. The molecule has 2 aliphatic heterocycles. The van der Waals surface area contributed by atoms with Gasteiger partial charge in [-0.1, -0.05) is 0 Å². The molecule has 0 saturated carbocycles. The van der Waals surface area contributed by atoms with Crippen LogP contribution < -0.4 is 10.6 Å². The van der Waals surface area contributed by atoms with Gasteiger partial charge in [0, 0.05) is 38.8 Å². The molecule has 2 fully saturated rings. The first kappa shape index (κ1) is 21.2. The van der Waals surface area contributed by atoms with Gasteiger partial charge in [0.25, 0.3) is 0 Å². The number of rotatable bonds is 7. The van der Waals surface area contributed by atoms with E-state index in [2.05, 4.69) is 27.4 Å². The van der Waals surface area contributed by atoms with Gasteiger partial charge in [-0.3, -0.25) is 14.8 Å². The summed E-state index contributed by atoms with van der Waals surface area (Å²) in [6, 6.07) is 0.336. The van der Waals surface area contributed by atoms with Crippen LogP contribution in [0.1, 0.15) is 20.3 Å². The zero-order valence-electron chi connectivity index (χ0n) is 15.8. The van der Waals surface area contributed by atoms with Crippen LogP contribution in [0.2, 0.25) is 0 Å². The highest BCUT2D eigenvalue weighted by Crippen LogP contribution is 2.22. The van der Waals surface area contributed by atoms with E-state index >= 15 is 0 Å². The summed E-state index contributed by atoms with van der Waals surface area (Å²) >= 11 is 0. The fourth-order valence-corrected chi connectivity index (χ4v) is 3.42. The van der Waals surface area contributed by atoms with Gasteiger partial charge in [-0.2, -0.15) is 13.2 Å². The number of ether oxygens (including phenoxy) is 1. The van der Waals surface area contributed by atoms with E-state index in [-0.39, 0.29) is 5.92 Å². The number of morpholine rings is 1. The van der Waals surface area contributed by atoms with Gasteiger partial charge in [0.05, 0.1) is 26.3 Å². The third kappa shape index (κ3) is 7.67. The Morgan fingerprint density at radius 3 is 2.62 bits per heavy atom. The Labute approximate surface area is 154 Å². The molecule has 0 amide bonds. The maximum atomic E-state index is 12.5. The normalized spacial score (nSPS) is 24.7. The molecule has 2 saturated heterocycles. The predicted molar refractivity (Wildman–Crippen MR) is 96.4 cm³/mol. The zero-order valence-corrected chi connectivity index (χ0v) is 15.8. The van der Waals surface area contributed by atoms with Gasteiger partial charge >= 0.3 is 6.18 Å². The SMILES string of the molecule is CCNC(=NCC(C)N1CCOCC1)NCC1CCN(CC(F)(F)F)C1. The first-order valence-electron chi connectivity index (χ1n) is 9.50. The monoisotopic (exact) mass is 379 g/mol. The smallest absolute Gasteiger partial charge is 0.379 e. The number of halogens is 3. The highest BCUT2D eigenvalue weighted by Gasteiger charge is 2.34. The Kier molecular flexibility index (Phi) is 8.43. The Morgan fingerprint density at radius 2 is 1.96 bits per heavy atom. The van der Waals surface area contributed by atoms with Crippen molar-refractivity contribution in [3.8, 4) is 0 Å². The summed E-state index contributed by atoms with van der Waals surface area (Å²) in [5.74, 6) is 0.958. The standard InChI is InChI=1S/C17H32F3N5O/c1-3-21-16(22-10-14(2)25-6-8-26-9-7-25)23-11-15-4-5-24(12-15)13-17(18,19)20/h14-15H,3-13H2,1-2H3,(H2,21,22,23). The third-order valence-corrected chi connectivity index (χ3v) is 4.86. The third-order valence-electron chi connectivity index (χ3n) is 4.86. The maximum absolute atomic E-state index is 12.5. The first-order chi connectivity index (χ1) is 12.4. The number of nitrogens with zero attached hydrogens (tertiary/aromatic N) is 3. The Morgan fingerprint density at radius 1 is 1.23 bits per heavy atom. The van der Waals surface area contributed by atoms with Crippen molar-refractivity contribution < 1.29 is 17.9 Å². The molecule has 2 aliphatic rings. The minimum atomic E-state index is -4.12. The van der Waals surface area contributed by atoms with E-state index in [0.717, 1.165) is 45.2 Å². The Balaban J connectivity index is 1.75. The molecule has 2 rings (SSSR count). The van der Waals surface area contributed by atoms with Crippen molar-refractivity contribution in [3.05, 3.63) is 0 Å². The lowest BCUT2D eigenvalue weighted by Gasteiger charge is -2.31. The molecule has 0 aromatic rings. The zero-order chi connectivity index (χ0) is 19.0. The van der Waals surface area contributed by atoms with E-state index in [0.29, 0.717) is 32.2 Å². The van der Waals surface area contributed by atoms with E-state index in [1.54, 1.807) is 0 Å². The summed E-state index contributed by atoms with van der Waals surface area (Å²) in [5.41, 5.74) is 0. The molecule has 0 spiro atoms. The van der Waals surface area contributed by atoms with Gasteiger partial charge in [-0.25, -0.2) is 0 Å². The van der Waals surface area contributed by atoms with Crippen LogP contribution in [-0.4, -0.2) is 93.5 Å². The number of hydrogen-bond acceptors (Lipinski definition) is 4. The first-order valence-corrected chi connectivity index (χ1v) is 9.50. The highest BCUT2D eigenvalue weighted by molar-refractivity contribution is 5.79. The average molecular weight is 379 g/mol. The minimum absolute atomic E-state index is 0.220. The van der Waals surface area contributed by atoms with Crippen molar-refractivity contribution in [1.82, 2.24) is 20.4 Å². The van der Waals surface area contributed by atoms with Crippen LogP contribution >= 0.6 is 0 Å². The Hall–Kier alpha value is -1.06. The van der Waals surface area contributed by atoms with Gasteiger partial charge < -0.3 is 15.4 Å². The lowest BCUT2D eigenvalue weighted by molar-refractivity contribution is -0.143. The fourth-order valence-electron chi connectivity index (χ4n) is 3.42. The molecule has 0 bridgehead atoms. The van der Waals surface area contributed by atoms with Crippen LogP contribution in [0.4, 0.5) is 13.2 Å². The lowest BCUT2D eigenvalue weighted by Crippen LogP contribution is -2.45. The average Bonchev–Trinajstić information content (AvgIpc) is 3.03. The van der Waals surface area contributed by atoms with Crippen LogP contribution in [-0.2, 0) is 4.74 Å². The molecule has 2 atom stereocenters. The summed E-state index contributed by atoms with van der Waals surface area (Å²) in [6.45, 7) is 9.81. The van der Waals surface area contributed by atoms with Crippen molar-refractivity contribution >= 4 is 5.96 Å². The maximum Gasteiger partial charge on any atom is 0.401 e. The largest absolute Gasteiger partial charge is 0.401 e. The number of alkyl halides is 3. The molecular weight excluding hydrogens is 347 g/mol. The molecule has 26 heavy (non-hydrogen) atoms. The van der Waals surface area contributed by atoms with Crippen molar-refractivity contribution in [2.45, 2.75) is 32.5 Å². The molecule has 0 radical (unpaired) electrons. The van der Waals surface area contributed by atoms with Crippen LogP contribution in [0.15, 0.2) is 4.99 Å². The van der Waals surface area contributed by atoms with E-state index in [4.69, 9.17) is 4.74 Å². The van der Waals surface area contributed by atoms with E-state index in [1.807, 2.05) is 6.92 Å². The van der Waals surface area contributed by atoms with Crippen LogP contribution in [0.25, 0.3) is 0 Å². The van der Waals surface area contributed by atoms with E-state index in [9.17, 15) is 13.2 Å². The van der Waals surface area contributed by atoms with Gasteiger partial charge in [0.1, 0.15) is 0 Å². The van der Waals surface area contributed by atoms with E-state index < -0.39 is 12.7 Å². The molecule has 2 N–H and O–H groups in total. The summed E-state index contributed by atoms with van der Waals surface area (Å²) in [4.78, 5) is 8.49. The molecule has 2 heterocycles. The fraction of sp³-hybridized carbons (Fsp3) is 0.941. The topological polar surface area (TPSA) is 52.1 Å². The second kappa shape index (κ2) is 10.3. The van der Waals surface area contributed by atoms with Gasteiger partial charge in [-0.15, -0.1) is 0 Å². The minimum Gasteiger partial charge on any atom is -0.379 e. The quantitative estimate of drug-likeness (QED) is 0.513. The van der Waals surface area contributed by atoms with E-state index in [1.165, 1.54) is 4.90 Å². The van der Waals surface area contributed by atoms with Gasteiger partial charge in [0.2, 0.25) is 0 Å². The summed E-state index contributed by atoms with van der Waals surface area (Å²) in [5, 5.41) is 6.51. The number of likely N-dealkylation sites (tertiary alicyclic amines) is 1. The predicted octanol–water partition coefficient (Wildman–Crippen LogP) is 1.15. The number of aliphatic imine (C=N–C) groups is 1. The number of hydrogen-bond donors (Lipinski definition) is 2. The molecule has 0 aromatic carbocycles. The molecule has 9 heteroatoms. The number of nitrogens with one attached hydrogen (secondary N) is 2. The van der Waals surface area contributed by atoms with Gasteiger partial charge in [0.15, 0.2) is 5.96 Å². The molecule has 6 nitrogen and oxygen atoms in total. The van der Waals surface area contributed by atoms with Crippen LogP contribution in [0.5, 0.6) is 0 Å². The van der Waals surface area contributed by atoms with Crippen molar-refractivity contribution in [2.75, 3.05) is 65.6 Å². The van der Waals surface area contributed by atoms with Crippen LogP contribution in [0.3, 0.4) is 0 Å². The molecule has 0 aliphatic carbocycles. The summed E-state index contributed by atoms with van der Waals surface area (Å²) < 4.78 is 42.8. The van der Waals surface area contributed by atoms with Crippen molar-refractivity contribution in [1.29, 1.82) is 0 Å². The molecule has 2 unspecified atom stereocenters. The van der Waals surface area contributed by atoms with Crippen molar-refractivity contribution in [2.24, 2.45) is 10.9 Å². The second-order valence-corrected chi connectivity index (χ2v) is 7.10. The second-order valence-electron chi connectivity index (χ2n) is 7.10. The lowest BCUT2D eigenvalue weighted by atomic mass is 10.1. The molecular formula is C17H32F3N5O. The summed E-state index contributed by atoms with van der Waals surface area (Å²) in [6.07, 6.45) is -3.33. The summed E-state index contributed by atoms with van der Waals surface area (Å²) in [7, 11) is 0. The molecule has 152 valence electrons. The van der Waals surface area contributed by atoms with Gasteiger partial charge in [-0.05, 0) is 32.7 Å². The van der Waals surface area contributed by atoms with Crippen LogP contribution in [0, 0.1) is 5.92 Å². The number of guanidine groups is 1. The molecule has 0 aromatic heterocycles. The van der Waals surface area contributed by atoms with Crippen molar-refractivity contribution in [3.63, 3.8) is 0 Å². The Bertz CT molecular complexity index is 441.